The molecular formula is C23H14F3NO2. The quantitative estimate of drug-likeness (QED) is 0.343. The van der Waals surface area contributed by atoms with E-state index in [1.54, 1.807) is 24.3 Å². The Morgan fingerprint density at radius 3 is 2.41 bits per heavy atom. The minimum atomic E-state index is -4.95. The summed E-state index contributed by atoms with van der Waals surface area (Å²) in [4.78, 5) is 26.9. The van der Waals surface area contributed by atoms with E-state index in [0.717, 1.165) is 17.0 Å². The first kappa shape index (κ1) is 18.7. The lowest BCUT2D eigenvalue weighted by molar-refractivity contribution is -0.0884. The third kappa shape index (κ3) is 3.57. The molecule has 29 heavy (non-hydrogen) atoms. The second-order valence-electron chi connectivity index (χ2n) is 6.56. The number of benzene rings is 3. The molecule has 0 unspecified atom stereocenters. The van der Waals surface area contributed by atoms with Gasteiger partial charge in [-0.2, -0.15) is 13.2 Å². The van der Waals surface area contributed by atoms with Gasteiger partial charge in [0.25, 0.3) is 5.78 Å². The second kappa shape index (κ2) is 7.05. The van der Waals surface area contributed by atoms with Gasteiger partial charge in [-0.3, -0.25) is 9.59 Å². The highest BCUT2D eigenvalue weighted by molar-refractivity contribution is 6.13. The van der Waals surface area contributed by atoms with Crippen molar-refractivity contribution in [3.63, 3.8) is 0 Å². The molecule has 4 aromatic rings. The number of halogens is 3. The maximum absolute atomic E-state index is 12.8. The number of aromatic amines is 1. The number of carbonyl (C=O) groups excluding carboxylic acids is 2. The average Bonchev–Trinajstić information content (AvgIpc) is 3.15. The van der Waals surface area contributed by atoms with Crippen LogP contribution in [0.25, 0.3) is 27.8 Å². The summed E-state index contributed by atoms with van der Waals surface area (Å²) in [7, 11) is 0. The van der Waals surface area contributed by atoms with E-state index < -0.39 is 17.5 Å². The number of nitrogens with one attached hydrogen (secondary N) is 1. The molecule has 3 nitrogen and oxygen atoms in total. The third-order valence-electron chi connectivity index (χ3n) is 4.70. The van der Waals surface area contributed by atoms with Gasteiger partial charge < -0.3 is 4.98 Å². The molecule has 1 heterocycles. The van der Waals surface area contributed by atoms with E-state index in [9.17, 15) is 22.8 Å². The molecule has 1 N–H and O–H groups in total. The van der Waals surface area contributed by atoms with Gasteiger partial charge in [0, 0.05) is 17.1 Å². The molecule has 3 aromatic carbocycles. The van der Waals surface area contributed by atoms with E-state index in [2.05, 4.69) is 4.98 Å². The first-order valence-electron chi connectivity index (χ1n) is 8.77. The molecule has 0 atom stereocenters. The lowest BCUT2D eigenvalue weighted by atomic mass is 10.0. The monoisotopic (exact) mass is 393 g/mol. The lowest BCUT2D eigenvalue weighted by Gasteiger charge is -2.04. The van der Waals surface area contributed by atoms with E-state index in [-0.39, 0.29) is 11.2 Å². The molecule has 0 saturated heterocycles. The Kier molecular flexibility index (Phi) is 4.54. The Hall–Kier alpha value is -3.67. The highest BCUT2D eigenvalue weighted by Gasteiger charge is 2.40. The minimum Gasteiger partial charge on any atom is -0.360 e. The molecule has 0 fully saturated rings. The Balaban J connectivity index is 1.66. The molecule has 1 aromatic heterocycles. The summed E-state index contributed by atoms with van der Waals surface area (Å²) in [6, 6.07) is 17.7. The predicted molar refractivity (Wildman–Crippen MR) is 106 cm³/mol. The Morgan fingerprint density at radius 1 is 0.897 bits per heavy atom. The van der Waals surface area contributed by atoms with Crippen LogP contribution in [0.1, 0.15) is 26.3 Å². The Bertz CT molecular complexity index is 1280. The van der Waals surface area contributed by atoms with E-state index in [1.807, 2.05) is 30.3 Å². The van der Waals surface area contributed by atoms with Crippen LogP contribution in [0.3, 0.4) is 0 Å². The van der Waals surface area contributed by atoms with E-state index >= 15 is 0 Å². The number of rotatable bonds is 4. The van der Waals surface area contributed by atoms with Crippen LogP contribution in [0.4, 0.5) is 13.2 Å². The van der Waals surface area contributed by atoms with Crippen LogP contribution < -0.4 is 0 Å². The van der Waals surface area contributed by atoms with Gasteiger partial charge in [-0.15, -0.1) is 0 Å². The smallest absolute Gasteiger partial charge is 0.360 e. The molecule has 0 amide bonds. The molecule has 0 saturated carbocycles. The van der Waals surface area contributed by atoms with Gasteiger partial charge in [0.15, 0.2) is 5.78 Å². The summed E-state index contributed by atoms with van der Waals surface area (Å²) in [6.07, 6.45) is -1.01. The van der Waals surface area contributed by atoms with Crippen LogP contribution in [-0.4, -0.2) is 22.7 Å². The van der Waals surface area contributed by atoms with Crippen molar-refractivity contribution in [1.82, 2.24) is 4.98 Å². The maximum Gasteiger partial charge on any atom is 0.454 e. The zero-order chi connectivity index (χ0) is 20.6. The highest BCUT2D eigenvalue weighted by atomic mass is 19.4. The van der Waals surface area contributed by atoms with Gasteiger partial charge in [0.1, 0.15) is 0 Å². The van der Waals surface area contributed by atoms with Crippen LogP contribution in [0.2, 0.25) is 0 Å². The van der Waals surface area contributed by atoms with Gasteiger partial charge in [-0.25, -0.2) is 0 Å². The standard InChI is InChI=1S/C23H14F3NO2/c24-23(25,26)22(29)19-13-27-21-15(6-3-7-18(19)21)10-11-20(28)17-9-8-14-4-1-2-5-16(14)12-17/h1-13,27H/b11-10+. The SMILES string of the molecule is O=C(/C=C/c1cccc2c(C(=O)C(F)(F)F)c[nH]c12)c1ccc2ccccc2c1. The molecule has 144 valence electrons. The molecule has 0 radical (unpaired) electrons. The highest BCUT2D eigenvalue weighted by Crippen LogP contribution is 2.29. The number of fused-ring (bicyclic) bond motifs is 2. The van der Waals surface area contributed by atoms with Crippen LogP contribution in [0.5, 0.6) is 0 Å². The second-order valence-corrected chi connectivity index (χ2v) is 6.56. The molecule has 6 heteroatoms. The normalized spacial score (nSPS) is 12.1. The van der Waals surface area contributed by atoms with Crippen molar-refractivity contribution in [1.29, 1.82) is 0 Å². The van der Waals surface area contributed by atoms with Crippen LogP contribution in [-0.2, 0) is 0 Å². The summed E-state index contributed by atoms with van der Waals surface area (Å²) >= 11 is 0. The number of hydrogen-bond acceptors (Lipinski definition) is 2. The molecule has 0 aliphatic rings. The van der Waals surface area contributed by atoms with Gasteiger partial charge in [0.05, 0.1) is 11.1 Å². The van der Waals surface area contributed by atoms with E-state index in [1.165, 1.54) is 18.2 Å². The largest absolute Gasteiger partial charge is 0.454 e. The molecule has 0 bridgehead atoms. The van der Waals surface area contributed by atoms with Crippen molar-refractivity contribution in [2.24, 2.45) is 0 Å². The summed E-state index contributed by atoms with van der Waals surface area (Å²) < 4.78 is 38.3. The van der Waals surface area contributed by atoms with Crippen molar-refractivity contribution >= 4 is 39.3 Å². The number of aromatic nitrogens is 1. The Labute approximate surface area is 163 Å². The average molecular weight is 393 g/mol. The first-order valence-corrected chi connectivity index (χ1v) is 8.77. The third-order valence-corrected chi connectivity index (χ3v) is 4.70. The maximum atomic E-state index is 12.8. The zero-order valence-corrected chi connectivity index (χ0v) is 15.0. The number of para-hydroxylation sites is 1. The zero-order valence-electron chi connectivity index (χ0n) is 15.0. The predicted octanol–water partition coefficient (Wildman–Crippen LogP) is 5.96. The first-order chi connectivity index (χ1) is 13.8. The van der Waals surface area contributed by atoms with Gasteiger partial charge in [-0.05, 0) is 34.6 Å². The summed E-state index contributed by atoms with van der Waals surface area (Å²) in [5, 5.41) is 2.12. The fourth-order valence-corrected chi connectivity index (χ4v) is 3.26. The van der Waals surface area contributed by atoms with Gasteiger partial charge in [-0.1, -0.05) is 54.6 Å². The summed E-state index contributed by atoms with van der Waals surface area (Å²) in [5.74, 6) is -2.14. The van der Waals surface area contributed by atoms with Crippen molar-refractivity contribution in [3.8, 4) is 0 Å². The van der Waals surface area contributed by atoms with E-state index in [4.69, 9.17) is 0 Å². The van der Waals surface area contributed by atoms with Crippen LogP contribution in [0.15, 0.2) is 72.9 Å². The summed E-state index contributed by atoms with van der Waals surface area (Å²) in [5.41, 5.74) is 0.940. The lowest BCUT2D eigenvalue weighted by Crippen LogP contribution is -2.22. The number of H-pyrrole nitrogens is 1. The van der Waals surface area contributed by atoms with E-state index in [0.29, 0.717) is 16.6 Å². The topological polar surface area (TPSA) is 49.9 Å². The number of carbonyl (C=O) groups is 2. The summed E-state index contributed by atoms with van der Waals surface area (Å²) in [6.45, 7) is 0. The molecule has 0 spiro atoms. The number of hydrogen-bond donors (Lipinski definition) is 1. The molecule has 0 aliphatic carbocycles. The van der Waals surface area contributed by atoms with Gasteiger partial charge in [0.2, 0.25) is 0 Å². The number of ketones is 2. The van der Waals surface area contributed by atoms with Crippen molar-refractivity contribution in [2.75, 3.05) is 0 Å². The van der Waals surface area contributed by atoms with Crippen molar-refractivity contribution in [2.45, 2.75) is 6.18 Å². The molecular weight excluding hydrogens is 379 g/mol. The molecule has 0 aliphatic heterocycles. The fourth-order valence-electron chi connectivity index (χ4n) is 3.26. The van der Waals surface area contributed by atoms with Gasteiger partial charge >= 0.3 is 6.18 Å². The number of alkyl halides is 3. The van der Waals surface area contributed by atoms with Crippen molar-refractivity contribution in [3.05, 3.63) is 89.6 Å². The number of allylic oxidation sites excluding steroid dienone is 1. The minimum absolute atomic E-state index is 0.160. The number of Topliss-reactive ketones (excluding diaryl/α,β-unsaturated/α-hetero) is 1. The Morgan fingerprint density at radius 2 is 1.66 bits per heavy atom. The van der Waals surface area contributed by atoms with Crippen LogP contribution in [0, 0.1) is 0 Å². The fraction of sp³-hybridized carbons (Fsp3) is 0.0435. The van der Waals surface area contributed by atoms with Crippen LogP contribution >= 0.6 is 0 Å². The molecule has 4 rings (SSSR count). The van der Waals surface area contributed by atoms with Crippen molar-refractivity contribution < 1.29 is 22.8 Å².